The topological polar surface area (TPSA) is 0 Å². The summed E-state index contributed by atoms with van der Waals surface area (Å²) >= 11 is 0. The van der Waals surface area contributed by atoms with Gasteiger partial charge in [0.2, 0.25) is 0 Å². The van der Waals surface area contributed by atoms with Crippen LogP contribution in [0.2, 0.25) is 0 Å². The quantitative estimate of drug-likeness (QED) is 0.112. The molecule has 0 heterocycles. The van der Waals surface area contributed by atoms with Gasteiger partial charge >= 0.3 is 51.7 Å². The Kier molecular flexibility index (Phi) is 352. The van der Waals surface area contributed by atoms with E-state index in [1.54, 1.807) is 27.7 Å². The normalized spacial score (nSPS) is 4.10. The first kappa shape index (κ1) is 90.6. The number of hydrogen-bond acceptors (Lipinski definition) is 0. The molecule has 222 valence electrons. The Balaban J connectivity index is -0.0000000103. The van der Waals surface area contributed by atoms with Crippen LogP contribution in [0.15, 0.2) is 0 Å². The summed E-state index contributed by atoms with van der Waals surface area (Å²) in [7, 11) is 0. The summed E-state index contributed by atoms with van der Waals surface area (Å²) in [4.78, 5) is 0. The molecule has 0 unspecified atom stereocenters. The number of unbranched alkanes of at least 4 members (excludes halogenated alkanes) is 5. The number of hydrogen-bond donors (Lipinski definition) is 0. The SMILES string of the molecule is C.C.C.C.[C-]#CC#CC.[C-]#CC#CC.[C-]#CC#CC.[C-]#CC#CC.[CH2-]CCCC.[CH2-]CCCCC.[CH3-].[CH3-].[HH].[HH].[HH].[HH].[Hf+4].[Hf+4]. The van der Waals surface area contributed by atoms with Crippen molar-refractivity contribution in [3.63, 3.8) is 0 Å². The first-order chi connectivity index (χ1) is 15.0. The summed E-state index contributed by atoms with van der Waals surface area (Å²) in [5.41, 5.74) is 0. The molecule has 2 heteroatoms. The first-order valence-corrected chi connectivity index (χ1v) is 9.91. The zero-order chi connectivity index (χ0) is 25.4. The van der Waals surface area contributed by atoms with Crippen molar-refractivity contribution in [3.05, 3.63) is 54.4 Å². The predicted octanol–water partition coefficient (Wildman–Crippen LogP) is 11.2. The Labute approximate surface area is 297 Å². The van der Waals surface area contributed by atoms with Crippen molar-refractivity contribution in [3.8, 4) is 71.0 Å². The zero-order valence-corrected chi connectivity index (χ0v) is 30.5. The summed E-state index contributed by atoms with van der Waals surface area (Å²) in [6, 6.07) is 0. The fourth-order valence-corrected chi connectivity index (χ4v) is 0.927. The van der Waals surface area contributed by atoms with Gasteiger partial charge in [0.25, 0.3) is 0 Å². The molecule has 0 N–H and O–H groups in total. The van der Waals surface area contributed by atoms with E-state index in [1.807, 2.05) is 23.7 Å². The van der Waals surface area contributed by atoms with Crippen LogP contribution in [-0.4, -0.2) is 0 Å². The van der Waals surface area contributed by atoms with E-state index in [0.717, 1.165) is 12.8 Å². The molecular weight excluding hydrogens is 801 g/mol. The Bertz CT molecular complexity index is 622. The van der Waals surface area contributed by atoms with Crippen LogP contribution in [0.3, 0.4) is 0 Å². The molecule has 0 aromatic carbocycles. The third-order valence-electron chi connectivity index (χ3n) is 2.21. The van der Waals surface area contributed by atoms with Crippen molar-refractivity contribution in [1.82, 2.24) is 0 Å². The fourth-order valence-electron chi connectivity index (χ4n) is 0.927. The van der Waals surface area contributed by atoms with Crippen molar-refractivity contribution in [2.45, 2.75) is 116 Å². The summed E-state index contributed by atoms with van der Waals surface area (Å²) in [6.07, 6.45) is 33.4. The maximum absolute atomic E-state index is 6.18. The van der Waals surface area contributed by atoms with Gasteiger partial charge in [-0.2, -0.15) is 12.8 Å². The molecule has 0 saturated carbocycles. The van der Waals surface area contributed by atoms with E-state index in [0.29, 0.717) is 0 Å². The van der Waals surface area contributed by atoms with E-state index < -0.39 is 0 Å². The third-order valence-corrected chi connectivity index (χ3v) is 2.21. The molecule has 0 nitrogen and oxygen atoms in total. The predicted molar refractivity (Wildman–Crippen MR) is 185 cm³/mol. The standard InChI is InChI=1S/C6H13.C5H11.4C5H3.4CH4.2CH3.2Hf.4H2/c1-3-5-6-4-2;5*1-3-5-4-2;;;;;;;;;;;;/h1,3-6H2,2H3;1,3-5H2,2H3;4*1H3;4*1H4;2*1H3;;;4*1H/q6*-1;;;;;2*-1;2*+4;;;;. The molecule has 0 aromatic rings. The largest absolute Gasteiger partial charge is 4.00 e. The number of rotatable bonds is 5. The van der Waals surface area contributed by atoms with Crippen molar-refractivity contribution >= 4 is 0 Å². The molecule has 0 fully saturated rings. The second-order valence-electron chi connectivity index (χ2n) is 4.77. The van der Waals surface area contributed by atoms with Gasteiger partial charge in [-0.3, -0.25) is 47.4 Å². The van der Waals surface area contributed by atoms with Gasteiger partial charge in [-0.25, -0.2) is 23.7 Å². The van der Waals surface area contributed by atoms with Gasteiger partial charge in [-0.15, -0.1) is 0 Å². The maximum atomic E-state index is 6.18. The van der Waals surface area contributed by atoms with Crippen LogP contribution < -0.4 is 0 Å². The van der Waals surface area contributed by atoms with Gasteiger partial charge in [0.1, 0.15) is 0 Å². The maximum Gasteiger partial charge on any atom is 4.00 e. The van der Waals surface area contributed by atoms with Crippen LogP contribution in [0.25, 0.3) is 0 Å². The monoisotopic (exact) mass is 870 g/mol. The Morgan fingerprint density at radius 3 is 0.718 bits per heavy atom. The summed E-state index contributed by atoms with van der Waals surface area (Å²) < 4.78 is 0. The van der Waals surface area contributed by atoms with E-state index in [9.17, 15) is 0 Å². The second-order valence-corrected chi connectivity index (χ2v) is 4.77. The summed E-state index contributed by atoms with van der Waals surface area (Å²) in [5, 5.41) is 0. The van der Waals surface area contributed by atoms with Crippen LogP contribution >= 0.6 is 0 Å². The van der Waals surface area contributed by atoms with Crippen LogP contribution in [0.1, 0.15) is 122 Å². The van der Waals surface area contributed by atoms with Crippen LogP contribution in [0.4, 0.5) is 0 Å². The molecule has 39 heavy (non-hydrogen) atoms. The van der Waals surface area contributed by atoms with Gasteiger partial charge in [0, 0.05) is 5.71 Å². The Morgan fingerprint density at radius 1 is 0.487 bits per heavy atom. The van der Waals surface area contributed by atoms with Gasteiger partial charge in [0.15, 0.2) is 0 Å². The van der Waals surface area contributed by atoms with E-state index in [1.165, 1.54) is 32.1 Å². The molecule has 0 atom stereocenters. The smallest absolute Gasteiger partial charge is 0.358 e. The van der Waals surface area contributed by atoms with Crippen molar-refractivity contribution in [1.29, 1.82) is 0 Å². The minimum atomic E-state index is 0. The van der Waals surface area contributed by atoms with E-state index in [2.05, 4.69) is 75.1 Å². The van der Waals surface area contributed by atoms with E-state index in [-0.39, 0.29) is 102 Å². The molecule has 0 saturated heterocycles. The third kappa shape index (κ3) is 337. The molecule has 0 aliphatic heterocycles. The molecule has 0 spiro atoms. The second kappa shape index (κ2) is 152. The summed E-state index contributed by atoms with van der Waals surface area (Å²) in [6.45, 7) is 18.4. The van der Waals surface area contributed by atoms with E-state index in [4.69, 9.17) is 25.7 Å². The summed E-state index contributed by atoms with van der Waals surface area (Å²) in [5.74, 6) is 26.6. The fraction of sp³-hybridized carbons (Fsp3) is 0.459. The Morgan fingerprint density at radius 2 is 0.692 bits per heavy atom. The van der Waals surface area contributed by atoms with Gasteiger partial charge < -0.3 is 54.4 Å². The molecule has 0 amide bonds. The molecule has 0 rings (SSSR count). The Hall–Kier alpha value is -1.78. The van der Waals surface area contributed by atoms with Crippen molar-refractivity contribution in [2.75, 3.05) is 0 Å². The molecule has 0 aliphatic rings. The van der Waals surface area contributed by atoms with Crippen LogP contribution in [0, 0.1) is 125 Å². The molecule has 0 aliphatic carbocycles. The average molecular weight is 868 g/mol. The van der Waals surface area contributed by atoms with Gasteiger partial charge in [0.05, 0.1) is 0 Å². The van der Waals surface area contributed by atoms with Crippen molar-refractivity contribution < 1.29 is 57.4 Å². The van der Waals surface area contributed by atoms with Crippen LogP contribution in [-0.2, 0) is 51.7 Å². The van der Waals surface area contributed by atoms with E-state index >= 15 is 0 Å². The first-order valence-electron chi connectivity index (χ1n) is 9.91. The van der Waals surface area contributed by atoms with Gasteiger partial charge in [-0.1, -0.05) is 75.7 Å². The van der Waals surface area contributed by atoms with Crippen LogP contribution in [0.5, 0.6) is 0 Å². The minimum Gasteiger partial charge on any atom is -0.358 e. The average Bonchev–Trinajstić information content (AvgIpc) is 2.77. The molecular formula is C37H66Hf2. The van der Waals surface area contributed by atoms with Crippen molar-refractivity contribution in [2.24, 2.45) is 0 Å². The zero-order valence-electron chi connectivity index (χ0n) is 23.4. The minimum absolute atomic E-state index is 0. The molecule has 0 radical (unpaired) electrons. The molecule has 0 aromatic heterocycles. The molecule has 0 bridgehead atoms. The van der Waals surface area contributed by atoms with Gasteiger partial charge in [-0.05, 0) is 27.7 Å².